The predicted octanol–water partition coefficient (Wildman–Crippen LogP) is 2.69. The van der Waals surface area contributed by atoms with Gasteiger partial charge < -0.3 is 10.2 Å². The Hall–Kier alpha value is -2.62. The second kappa shape index (κ2) is 9.48. The van der Waals surface area contributed by atoms with E-state index in [4.69, 9.17) is 23.2 Å². The molecule has 32 heavy (non-hydrogen) atoms. The van der Waals surface area contributed by atoms with Crippen LogP contribution in [0, 0.1) is 0 Å². The second-order valence-electron chi connectivity index (χ2n) is 7.07. The highest BCUT2D eigenvalue weighted by Crippen LogP contribution is 2.31. The normalized spacial score (nSPS) is 15.2. The van der Waals surface area contributed by atoms with Crippen molar-refractivity contribution in [3.63, 3.8) is 0 Å². The Balaban J connectivity index is 1.97. The largest absolute Gasteiger partial charge is 0.357 e. The van der Waals surface area contributed by atoms with Gasteiger partial charge >= 0.3 is 0 Å². The van der Waals surface area contributed by atoms with Crippen molar-refractivity contribution in [2.24, 2.45) is 0 Å². The molecule has 3 amide bonds. The molecule has 0 fully saturated rings. The van der Waals surface area contributed by atoms with Crippen molar-refractivity contribution in [3.05, 3.63) is 63.6 Å². The average molecular weight is 498 g/mol. The summed E-state index contributed by atoms with van der Waals surface area (Å²) in [6, 6.07) is 9.65. The minimum absolute atomic E-state index is 0.000610. The third-order valence-electron chi connectivity index (χ3n) is 5.21. The van der Waals surface area contributed by atoms with E-state index in [0.29, 0.717) is 19.9 Å². The first-order valence-electron chi connectivity index (χ1n) is 9.73. The van der Waals surface area contributed by atoms with Gasteiger partial charge in [-0.15, -0.1) is 0 Å². The lowest BCUT2D eigenvalue weighted by molar-refractivity contribution is -0.141. The van der Waals surface area contributed by atoms with Crippen LogP contribution in [0.2, 0.25) is 10.0 Å². The molecule has 170 valence electrons. The molecule has 0 aromatic heterocycles. The van der Waals surface area contributed by atoms with Gasteiger partial charge in [-0.3, -0.25) is 14.4 Å². The molecule has 1 aliphatic heterocycles. The van der Waals surface area contributed by atoms with Gasteiger partial charge in [0.2, 0.25) is 11.8 Å². The minimum Gasteiger partial charge on any atom is -0.357 e. The summed E-state index contributed by atoms with van der Waals surface area (Å²) in [4.78, 5) is 39.6. The van der Waals surface area contributed by atoms with E-state index in [1.54, 1.807) is 31.2 Å². The Morgan fingerprint density at radius 1 is 1.09 bits per heavy atom. The second-order valence-corrected chi connectivity index (χ2v) is 9.72. The van der Waals surface area contributed by atoms with Crippen molar-refractivity contribution >= 4 is 50.9 Å². The number of likely N-dealkylation sites (N-methyl/N-ethyl adjacent to an activating group) is 1. The molecule has 0 bridgehead atoms. The van der Waals surface area contributed by atoms with E-state index in [0.717, 1.165) is 0 Å². The summed E-state index contributed by atoms with van der Waals surface area (Å²) in [5, 5.41) is 3.08. The van der Waals surface area contributed by atoms with E-state index in [1.807, 2.05) is 0 Å². The quantitative estimate of drug-likeness (QED) is 0.633. The summed E-state index contributed by atoms with van der Waals surface area (Å²) in [5.74, 6) is -1.97. The maximum atomic E-state index is 13.3. The van der Waals surface area contributed by atoms with Gasteiger partial charge in [0.15, 0.2) is 0 Å². The zero-order valence-electron chi connectivity index (χ0n) is 17.3. The maximum Gasteiger partial charge on any atom is 0.269 e. The summed E-state index contributed by atoms with van der Waals surface area (Å²) in [6.45, 7) is 0.811. The number of carbonyl (C=O) groups is 3. The van der Waals surface area contributed by atoms with Crippen LogP contribution in [0.4, 0.5) is 0 Å². The number of halogens is 2. The molecule has 1 N–H and O–H groups in total. The molecule has 0 aliphatic carbocycles. The van der Waals surface area contributed by atoms with E-state index in [9.17, 15) is 22.8 Å². The number of hydrogen-bond donors (Lipinski definition) is 1. The van der Waals surface area contributed by atoms with Gasteiger partial charge in [0.1, 0.15) is 17.5 Å². The molecular weight excluding hydrogens is 477 g/mol. The number of hydrogen-bond acceptors (Lipinski definition) is 5. The molecule has 0 radical (unpaired) electrons. The van der Waals surface area contributed by atoms with E-state index < -0.39 is 40.3 Å². The van der Waals surface area contributed by atoms with E-state index in [1.165, 1.54) is 30.1 Å². The number of rotatable bonds is 7. The Morgan fingerprint density at radius 3 is 2.28 bits per heavy atom. The predicted molar refractivity (Wildman–Crippen MR) is 120 cm³/mol. The Morgan fingerprint density at radius 2 is 1.72 bits per heavy atom. The third-order valence-corrected chi connectivity index (χ3v) is 7.71. The summed E-state index contributed by atoms with van der Waals surface area (Å²) in [5.41, 5.74) is 0.407. The van der Waals surface area contributed by atoms with Crippen LogP contribution in [-0.4, -0.2) is 55.0 Å². The molecule has 2 aromatic rings. The molecule has 0 saturated heterocycles. The first kappa shape index (κ1) is 24.0. The zero-order valence-corrected chi connectivity index (χ0v) is 19.7. The van der Waals surface area contributed by atoms with Gasteiger partial charge in [0, 0.05) is 29.2 Å². The summed E-state index contributed by atoms with van der Waals surface area (Å²) in [7, 11) is -2.76. The lowest BCUT2D eigenvalue weighted by atomic mass is 10.1. The fraction of sp³-hybridized carbons (Fsp3) is 0.286. The number of fused-ring (bicyclic) bond motifs is 1. The van der Waals surface area contributed by atoms with Gasteiger partial charge in [0.25, 0.3) is 15.9 Å². The van der Waals surface area contributed by atoms with Gasteiger partial charge in [-0.1, -0.05) is 48.3 Å². The molecule has 3 rings (SSSR count). The van der Waals surface area contributed by atoms with Crippen LogP contribution in [0.3, 0.4) is 0 Å². The molecular formula is C21H21Cl2N3O5S. The lowest BCUT2D eigenvalue weighted by Crippen LogP contribution is -2.51. The Kier molecular flexibility index (Phi) is 7.12. The number of nitrogens with zero attached hydrogens (tertiary/aromatic N) is 2. The molecule has 1 aliphatic rings. The Bertz CT molecular complexity index is 1170. The van der Waals surface area contributed by atoms with Gasteiger partial charge in [-0.05, 0) is 30.7 Å². The SMILES string of the molecule is CC[C@@H](C(=O)NC)N(Cc1c(Cl)cccc1Cl)C(=O)CN1C(=O)c2ccccc2S1(=O)=O. The fourth-order valence-corrected chi connectivity index (χ4v) is 5.58. The van der Waals surface area contributed by atoms with Crippen molar-refractivity contribution < 1.29 is 22.8 Å². The standard InChI is InChI=1S/C21H21Cl2N3O5S/c1-3-17(20(28)24-2)25(11-14-15(22)8-6-9-16(14)23)19(27)12-26-21(29)13-7-4-5-10-18(13)32(26,30)31/h4-10,17H,3,11-12H2,1-2H3,(H,24,28)/t17-/m0/s1. The molecule has 1 atom stereocenters. The van der Waals surface area contributed by atoms with Crippen LogP contribution in [0.1, 0.15) is 29.3 Å². The summed E-state index contributed by atoms with van der Waals surface area (Å²) >= 11 is 12.5. The molecule has 8 nitrogen and oxygen atoms in total. The van der Waals surface area contributed by atoms with Gasteiger partial charge in [-0.2, -0.15) is 0 Å². The first-order chi connectivity index (χ1) is 15.1. The average Bonchev–Trinajstić information content (AvgIpc) is 2.96. The zero-order chi connectivity index (χ0) is 23.6. The highest BCUT2D eigenvalue weighted by molar-refractivity contribution is 7.90. The van der Waals surface area contributed by atoms with Crippen LogP contribution in [0.5, 0.6) is 0 Å². The summed E-state index contributed by atoms with van der Waals surface area (Å²) < 4.78 is 26.2. The number of benzene rings is 2. The van der Waals surface area contributed by atoms with Crippen molar-refractivity contribution in [2.45, 2.75) is 30.8 Å². The van der Waals surface area contributed by atoms with Crippen LogP contribution < -0.4 is 5.32 Å². The molecule has 1 heterocycles. The lowest BCUT2D eigenvalue weighted by Gasteiger charge is -2.31. The number of amides is 3. The highest BCUT2D eigenvalue weighted by Gasteiger charge is 2.43. The topological polar surface area (TPSA) is 104 Å². The molecule has 0 unspecified atom stereocenters. The smallest absolute Gasteiger partial charge is 0.269 e. The fourth-order valence-electron chi connectivity index (χ4n) is 3.54. The van der Waals surface area contributed by atoms with Gasteiger partial charge in [-0.25, -0.2) is 12.7 Å². The van der Waals surface area contributed by atoms with Crippen molar-refractivity contribution in [1.82, 2.24) is 14.5 Å². The maximum absolute atomic E-state index is 13.3. The van der Waals surface area contributed by atoms with Crippen molar-refractivity contribution in [2.75, 3.05) is 13.6 Å². The highest BCUT2D eigenvalue weighted by atomic mass is 35.5. The molecule has 11 heteroatoms. The summed E-state index contributed by atoms with van der Waals surface area (Å²) in [6.07, 6.45) is 0.244. The molecule has 0 saturated carbocycles. The molecule has 2 aromatic carbocycles. The Labute approximate surface area is 196 Å². The van der Waals surface area contributed by atoms with Gasteiger partial charge in [0.05, 0.1) is 5.56 Å². The minimum atomic E-state index is -4.19. The first-order valence-corrected chi connectivity index (χ1v) is 11.9. The number of carbonyl (C=O) groups excluding carboxylic acids is 3. The van der Waals surface area contributed by atoms with Crippen LogP contribution in [0.25, 0.3) is 0 Å². The van der Waals surface area contributed by atoms with E-state index in [-0.39, 0.29) is 23.4 Å². The van der Waals surface area contributed by atoms with Crippen LogP contribution >= 0.6 is 23.2 Å². The van der Waals surface area contributed by atoms with Crippen molar-refractivity contribution in [1.29, 1.82) is 0 Å². The number of nitrogens with one attached hydrogen (secondary N) is 1. The monoisotopic (exact) mass is 497 g/mol. The van der Waals surface area contributed by atoms with E-state index in [2.05, 4.69) is 5.32 Å². The van der Waals surface area contributed by atoms with Crippen LogP contribution in [-0.2, 0) is 26.2 Å². The molecule has 0 spiro atoms. The van der Waals surface area contributed by atoms with Crippen molar-refractivity contribution in [3.8, 4) is 0 Å². The number of sulfonamides is 1. The third kappa shape index (κ3) is 4.32. The van der Waals surface area contributed by atoms with Crippen LogP contribution in [0.15, 0.2) is 47.4 Å². The van der Waals surface area contributed by atoms with E-state index >= 15 is 0 Å².